The van der Waals surface area contributed by atoms with E-state index in [1.54, 1.807) is 18.2 Å². The van der Waals surface area contributed by atoms with Gasteiger partial charge in [0.25, 0.3) is 0 Å². The van der Waals surface area contributed by atoms with E-state index in [9.17, 15) is 9.18 Å². The van der Waals surface area contributed by atoms with Crippen LogP contribution in [0.4, 0.5) is 4.39 Å². The molecule has 5 heteroatoms. The second-order valence-electron chi connectivity index (χ2n) is 3.85. The first-order valence-electron chi connectivity index (χ1n) is 5.39. The Morgan fingerprint density at radius 2 is 1.95 bits per heavy atom. The van der Waals surface area contributed by atoms with Gasteiger partial charge in [0.15, 0.2) is 0 Å². The number of carbonyl (C=O) groups is 1. The number of hydrogen-bond donors (Lipinski definition) is 1. The molecule has 0 aliphatic carbocycles. The largest absolute Gasteiger partial charge is 0.497 e. The summed E-state index contributed by atoms with van der Waals surface area (Å²) in [6.07, 6.45) is 0. The molecular formula is C14H10ClFO3. The van der Waals surface area contributed by atoms with E-state index in [0.717, 1.165) is 6.07 Å². The van der Waals surface area contributed by atoms with Crippen molar-refractivity contribution in [3.05, 3.63) is 52.8 Å². The van der Waals surface area contributed by atoms with Crippen molar-refractivity contribution in [2.24, 2.45) is 0 Å². The minimum Gasteiger partial charge on any atom is -0.497 e. The quantitative estimate of drug-likeness (QED) is 0.929. The Hall–Kier alpha value is -2.07. The third kappa shape index (κ3) is 2.69. The molecule has 0 spiro atoms. The topological polar surface area (TPSA) is 46.5 Å². The molecule has 0 bridgehead atoms. The molecule has 0 heterocycles. The number of methoxy groups -OCH3 is 1. The highest BCUT2D eigenvalue weighted by atomic mass is 35.5. The molecule has 0 aliphatic heterocycles. The van der Waals surface area contributed by atoms with Crippen molar-refractivity contribution >= 4 is 17.6 Å². The molecule has 0 aliphatic rings. The number of rotatable bonds is 3. The van der Waals surface area contributed by atoms with Crippen molar-refractivity contribution in [2.75, 3.05) is 7.11 Å². The first kappa shape index (κ1) is 13.4. The van der Waals surface area contributed by atoms with E-state index < -0.39 is 11.8 Å². The van der Waals surface area contributed by atoms with Crippen LogP contribution in [0.2, 0.25) is 5.02 Å². The Balaban J connectivity index is 2.63. The molecule has 0 radical (unpaired) electrons. The molecule has 0 fully saturated rings. The van der Waals surface area contributed by atoms with E-state index >= 15 is 0 Å². The van der Waals surface area contributed by atoms with Gasteiger partial charge in [-0.3, -0.25) is 0 Å². The first-order valence-corrected chi connectivity index (χ1v) is 5.77. The average molecular weight is 281 g/mol. The predicted octanol–water partition coefficient (Wildman–Crippen LogP) is 3.85. The highest BCUT2D eigenvalue weighted by molar-refractivity contribution is 6.33. The smallest absolute Gasteiger partial charge is 0.335 e. The monoisotopic (exact) mass is 280 g/mol. The molecule has 0 aromatic heterocycles. The van der Waals surface area contributed by atoms with Gasteiger partial charge in [0, 0.05) is 16.1 Å². The summed E-state index contributed by atoms with van der Waals surface area (Å²) >= 11 is 6.02. The summed E-state index contributed by atoms with van der Waals surface area (Å²) in [5.41, 5.74) is 0.515. The van der Waals surface area contributed by atoms with Crippen LogP contribution in [-0.4, -0.2) is 18.2 Å². The van der Waals surface area contributed by atoms with E-state index in [1.807, 2.05) is 0 Å². The second-order valence-corrected chi connectivity index (χ2v) is 4.25. The lowest BCUT2D eigenvalue weighted by Crippen LogP contribution is -1.98. The van der Waals surface area contributed by atoms with Gasteiger partial charge >= 0.3 is 5.97 Å². The zero-order chi connectivity index (χ0) is 14.0. The van der Waals surface area contributed by atoms with Crippen molar-refractivity contribution in [3.63, 3.8) is 0 Å². The van der Waals surface area contributed by atoms with Crippen LogP contribution in [0.25, 0.3) is 11.1 Å². The summed E-state index contributed by atoms with van der Waals surface area (Å²) in [7, 11) is 1.48. The van der Waals surface area contributed by atoms with Crippen LogP contribution in [0, 0.1) is 5.82 Å². The van der Waals surface area contributed by atoms with Gasteiger partial charge in [-0.25, -0.2) is 9.18 Å². The van der Waals surface area contributed by atoms with Crippen molar-refractivity contribution in [1.29, 1.82) is 0 Å². The van der Waals surface area contributed by atoms with Crippen molar-refractivity contribution in [3.8, 4) is 16.9 Å². The molecule has 0 unspecified atom stereocenters. The summed E-state index contributed by atoms with van der Waals surface area (Å²) in [5.74, 6) is -1.15. The van der Waals surface area contributed by atoms with E-state index in [-0.39, 0.29) is 11.1 Å². The second kappa shape index (κ2) is 5.28. The van der Waals surface area contributed by atoms with Crippen LogP contribution in [-0.2, 0) is 0 Å². The Morgan fingerprint density at radius 3 is 2.58 bits per heavy atom. The van der Waals surface area contributed by atoms with Crippen LogP contribution >= 0.6 is 11.6 Å². The van der Waals surface area contributed by atoms with Crippen LogP contribution in [0.1, 0.15) is 10.4 Å². The van der Waals surface area contributed by atoms with Gasteiger partial charge in [0.05, 0.1) is 12.7 Å². The highest BCUT2D eigenvalue weighted by Gasteiger charge is 2.13. The first-order chi connectivity index (χ1) is 9.02. The summed E-state index contributed by atoms with van der Waals surface area (Å²) in [6, 6.07) is 8.34. The van der Waals surface area contributed by atoms with E-state index in [0.29, 0.717) is 16.3 Å². The Kier molecular flexibility index (Phi) is 3.71. The Morgan fingerprint density at radius 1 is 1.21 bits per heavy atom. The van der Waals surface area contributed by atoms with Gasteiger partial charge in [-0.1, -0.05) is 11.6 Å². The molecule has 0 saturated carbocycles. The van der Waals surface area contributed by atoms with Crippen LogP contribution < -0.4 is 4.74 Å². The zero-order valence-electron chi connectivity index (χ0n) is 9.98. The molecule has 0 atom stereocenters. The maximum Gasteiger partial charge on any atom is 0.335 e. The maximum absolute atomic E-state index is 13.8. The SMILES string of the molecule is COc1ccc(Cl)c(-c2cc(C(=O)O)ccc2F)c1. The lowest BCUT2D eigenvalue weighted by atomic mass is 10.0. The molecule has 98 valence electrons. The van der Waals surface area contributed by atoms with Crippen LogP contribution in [0.3, 0.4) is 0 Å². The summed E-state index contributed by atoms with van der Waals surface area (Å²) in [6.45, 7) is 0. The number of hydrogen-bond acceptors (Lipinski definition) is 2. The third-order valence-electron chi connectivity index (χ3n) is 2.68. The van der Waals surface area contributed by atoms with E-state index in [1.165, 1.54) is 19.2 Å². The normalized spacial score (nSPS) is 10.3. The summed E-state index contributed by atoms with van der Waals surface area (Å²) < 4.78 is 18.9. The molecular weight excluding hydrogens is 271 g/mol. The molecule has 2 aromatic rings. The Labute approximate surface area is 114 Å². The Bertz CT molecular complexity index is 641. The predicted molar refractivity (Wildman–Crippen MR) is 70.4 cm³/mol. The minimum atomic E-state index is -1.12. The van der Waals surface area contributed by atoms with Crippen molar-refractivity contribution in [2.45, 2.75) is 0 Å². The van der Waals surface area contributed by atoms with E-state index in [4.69, 9.17) is 21.4 Å². The van der Waals surface area contributed by atoms with Gasteiger partial charge in [0.2, 0.25) is 0 Å². The van der Waals surface area contributed by atoms with Gasteiger partial charge in [-0.15, -0.1) is 0 Å². The third-order valence-corrected chi connectivity index (χ3v) is 3.01. The molecule has 3 nitrogen and oxygen atoms in total. The number of benzene rings is 2. The van der Waals surface area contributed by atoms with Crippen molar-refractivity contribution < 1.29 is 19.0 Å². The van der Waals surface area contributed by atoms with E-state index in [2.05, 4.69) is 0 Å². The molecule has 2 rings (SSSR count). The fourth-order valence-electron chi connectivity index (χ4n) is 1.70. The van der Waals surface area contributed by atoms with Gasteiger partial charge in [0.1, 0.15) is 11.6 Å². The fourth-order valence-corrected chi connectivity index (χ4v) is 1.92. The average Bonchev–Trinajstić information content (AvgIpc) is 2.40. The summed E-state index contributed by atoms with van der Waals surface area (Å²) in [5, 5.41) is 9.26. The minimum absolute atomic E-state index is 0.00436. The zero-order valence-corrected chi connectivity index (χ0v) is 10.7. The fraction of sp³-hybridized carbons (Fsp3) is 0.0714. The number of carboxylic acids is 1. The lowest BCUT2D eigenvalue weighted by Gasteiger charge is -2.09. The van der Waals surface area contributed by atoms with Gasteiger partial charge in [-0.2, -0.15) is 0 Å². The van der Waals surface area contributed by atoms with Crippen LogP contribution in [0.15, 0.2) is 36.4 Å². The molecule has 0 amide bonds. The number of ether oxygens (including phenoxy) is 1. The summed E-state index contributed by atoms with van der Waals surface area (Å²) in [4.78, 5) is 10.9. The maximum atomic E-state index is 13.8. The van der Waals surface area contributed by atoms with Crippen molar-refractivity contribution in [1.82, 2.24) is 0 Å². The number of halogens is 2. The molecule has 2 aromatic carbocycles. The highest BCUT2D eigenvalue weighted by Crippen LogP contribution is 2.33. The standard InChI is InChI=1S/C14H10ClFO3/c1-19-9-3-4-12(15)10(7-9)11-6-8(14(17)18)2-5-13(11)16/h2-7H,1H3,(H,17,18). The van der Waals surface area contributed by atoms with Gasteiger partial charge in [-0.05, 0) is 36.4 Å². The molecule has 19 heavy (non-hydrogen) atoms. The molecule has 1 N–H and O–H groups in total. The number of carboxylic acid groups (broad SMARTS) is 1. The lowest BCUT2D eigenvalue weighted by molar-refractivity contribution is 0.0697. The number of aromatic carboxylic acids is 1. The molecule has 0 saturated heterocycles. The van der Waals surface area contributed by atoms with Crippen LogP contribution in [0.5, 0.6) is 5.75 Å². The van der Waals surface area contributed by atoms with Gasteiger partial charge < -0.3 is 9.84 Å².